The van der Waals surface area contributed by atoms with Gasteiger partial charge in [0.05, 0.1) is 7.11 Å². The highest BCUT2D eigenvalue weighted by molar-refractivity contribution is 7.13. The summed E-state index contributed by atoms with van der Waals surface area (Å²) in [6.07, 6.45) is 0. The minimum Gasteiger partial charge on any atom is -0.465 e. The maximum atomic E-state index is 11.5. The highest BCUT2D eigenvalue weighted by Gasteiger charge is 2.36. The monoisotopic (exact) mass is 254 g/mol. The fourth-order valence-corrected chi connectivity index (χ4v) is 2.47. The Morgan fingerprint density at radius 2 is 2.12 bits per heavy atom. The second-order valence-corrected chi connectivity index (χ2v) is 5.73. The van der Waals surface area contributed by atoms with E-state index >= 15 is 0 Å². The Morgan fingerprint density at radius 1 is 1.47 bits per heavy atom. The van der Waals surface area contributed by atoms with Crippen LogP contribution in [0.3, 0.4) is 0 Å². The van der Waals surface area contributed by atoms with Gasteiger partial charge in [-0.1, -0.05) is 19.9 Å². The molecule has 1 fully saturated rings. The second kappa shape index (κ2) is 4.80. The predicted molar refractivity (Wildman–Crippen MR) is 66.7 cm³/mol. The van der Waals surface area contributed by atoms with Crippen LogP contribution in [0.15, 0.2) is 11.4 Å². The summed E-state index contributed by atoms with van der Waals surface area (Å²) in [5, 5.41) is 1.84. The molecule has 2 rings (SSSR count). The van der Waals surface area contributed by atoms with Crippen molar-refractivity contribution >= 4 is 29.9 Å². The number of hydrogen-bond acceptors (Lipinski definition) is 5. The lowest BCUT2D eigenvalue weighted by Crippen LogP contribution is -2.48. The number of ether oxygens (including phenoxy) is 1. The fraction of sp³-hybridized carbons (Fsp3) is 0.545. The van der Waals surface area contributed by atoms with E-state index in [1.165, 1.54) is 18.4 Å². The van der Waals surface area contributed by atoms with Gasteiger partial charge in [0.1, 0.15) is 4.88 Å². The van der Waals surface area contributed by atoms with Crippen LogP contribution in [-0.2, 0) is 14.0 Å². The zero-order valence-electron chi connectivity index (χ0n) is 10.2. The van der Waals surface area contributed by atoms with Crippen molar-refractivity contribution in [3.8, 4) is 0 Å². The molecule has 0 bridgehead atoms. The van der Waals surface area contributed by atoms with E-state index in [9.17, 15) is 4.79 Å². The van der Waals surface area contributed by atoms with Crippen molar-refractivity contribution in [1.29, 1.82) is 0 Å². The molecule has 0 unspecified atom stereocenters. The topological polar surface area (TPSA) is 44.8 Å². The normalized spacial score (nSPS) is 19.1. The van der Waals surface area contributed by atoms with Crippen LogP contribution in [0.4, 0.5) is 0 Å². The first-order valence-corrected chi connectivity index (χ1v) is 6.30. The lowest BCUT2D eigenvalue weighted by atomic mass is 9.76. The van der Waals surface area contributed by atoms with Crippen molar-refractivity contribution in [1.82, 2.24) is 0 Å². The Labute approximate surface area is 105 Å². The number of methoxy groups -OCH3 is 1. The van der Waals surface area contributed by atoms with Crippen molar-refractivity contribution in [2.24, 2.45) is 5.41 Å². The SMILES string of the molecule is COC(=O)c1sccc1B1OCC(C)(C)CO1. The van der Waals surface area contributed by atoms with E-state index in [0.29, 0.717) is 18.1 Å². The van der Waals surface area contributed by atoms with E-state index in [0.717, 1.165) is 5.46 Å². The van der Waals surface area contributed by atoms with E-state index in [2.05, 4.69) is 13.8 Å². The Morgan fingerprint density at radius 3 is 2.71 bits per heavy atom. The van der Waals surface area contributed by atoms with Gasteiger partial charge in [0.25, 0.3) is 0 Å². The van der Waals surface area contributed by atoms with Crippen molar-refractivity contribution in [3.05, 3.63) is 16.3 Å². The molecule has 0 atom stereocenters. The zero-order valence-corrected chi connectivity index (χ0v) is 11.0. The first-order valence-electron chi connectivity index (χ1n) is 5.42. The maximum Gasteiger partial charge on any atom is 0.495 e. The van der Waals surface area contributed by atoms with Gasteiger partial charge in [-0.05, 0) is 5.38 Å². The summed E-state index contributed by atoms with van der Waals surface area (Å²) in [6.45, 7) is 5.40. The van der Waals surface area contributed by atoms with Crippen LogP contribution in [-0.4, -0.2) is 33.4 Å². The van der Waals surface area contributed by atoms with Gasteiger partial charge in [0.2, 0.25) is 0 Å². The Kier molecular flexibility index (Phi) is 3.56. The van der Waals surface area contributed by atoms with Gasteiger partial charge in [-0.15, -0.1) is 11.3 Å². The molecule has 0 amide bonds. The number of carbonyl (C=O) groups excluding carboxylic acids is 1. The molecule has 0 spiro atoms. The number of carbonyl (C=O) groups is 1. The molecule has 0 aliphatic carbocycles. The van der Waals surface area contributed by atoms with Gasteiger partial charge in [0.15, 0.2) is 0 Å². The van der Waals surface area contributed by atoms with E-state index < -0.39 is 7.12 Å². The molecular weight excluding hydrogens is 239 g/mol. The summed E-state index contributed by atoms with van der Waals surface area (Å²) in [4.78, 5) is 12.1. The second-order valence-electron chi connectivity index (χ2n) is 4.81. The zero-order chi connectivity index (χ0) is 12.5. The van der Waals surface area contributed by atoms with E-state index in [-0.39, 0.29) is 11.4 Å². The van der Waals surface area contributed by atoms with Crippen LogP contribution in [0.25, 0.3) is 0 Å². The molecule has 0 radical (unpaired) electrons. The smallest absolute Gasteiger partial charge is 0.465 e. The first kappa shape index (κ1) is 12.6. The third kappa shape index (κ3) is 2.70. The quantitative estimate of drug-likeness (QED) is 0.589. The van der Waals surface area contributed by atoms with Crippen LogP contribution >= 0.6 is 11.3 Å². The molecule has 1 aromatic heterocycles. The van der Waals surface area contributed by atoms with Crippen LogP contribution in [0.2, 0.25) is 0 Å². The number of esters is 1. The van der Waals surface area contributed by atoms with Crippen molar-refractivity contribution < 1.29 is 18.8 Å². The fourth-order valence-electron chi connectivity index (χ4n) is 1.64. The van der Waals surface area contributed by atoms with E-state index in [1.54, 1.807) is 0 Å². The predicted octanol–water partition coefficient (Wildman–Crippen LogP) is 1.30. The molecule has 1 saturated heterocycles. The first-order chi connectivity index (χ1) is 8.03. The van der Waals surface area contributed by atoms with Crippen LogP contribution in [0.1, 0.15) is 23.5 Å². The minimum absolute atomic E-state index is 0.0257. The third-order valence-corrected chi connectivity index (χ3v) is 3.48. The maximum absolute atomic E-state index is 11.5. The molecule has 1 aliphatic heterocycles. The van der Waals surface area contributed by atoms with Crippen LogP contribution < -0.4 is 5.46 Å². The number of thiophene rings is 1. The molecule has 6 heteroatoms. The molecule has 92 valence electrons. The molecule has 0 aromatic carbocycles. The molecule has 0 N–H and O–H groups in total. The largest absolute Gasteiger partial charge is 0.495 e. The number of rotatable bonds is 2. The van der Waals surface area contributed by atoms with Crippen LogP contribution in [0, 0.1) is 5.41 Å². The van der Waals surface area contributed by atoms with Crippen molar-refractivity contribution in [3.63, 3.8) is 0 Å². The standard InChI is InChI=1S/C11H15BO4S/c1-11(2)6-15-12(16-7-11)8-4-5-17-9(8)10(13)14-3/h4-5H,6-7H2,1-3H3. The average Bonchev–Trinajstić information content (AvgIpc) is 2.77. The lowest BCUT2D eigenvalue weighted by Gasteiger charge is -2.33. The summed E-state index contributed by atoms with van der Waals surface area (Å²) in [5.74, 6) is -0.341. The van der Waals surface area contributed by atoms with Gasteiger partial charge in [-0.3, -0.25) is 0 Å². The summed E-state index contributed by atoms with van der Waals surface area (Å²) < 4.78 is 16.0. The highest BCUT2D eigenvalue weighted by Crippen LogP contribution is 2.22. The summed E-state index contributed by atoms with van der Waals surface area (Å²) in [5.41, 5.74) is 0.787. The Hall–Kier alpha value is -0.845. The Bertz CT molecular complexity index is 405. The summed E-state index contributed by atoms with van der Waals surface area (Å²) in [6, 6.07) is 1.85. The molecule has 17 heavy (non-hydrogen) atoms. The lowest BCUT2D eigenvalue weighted by molar-refractivity contribution is 0.0340. The van der Waals surface area contributed by atoms with Gasteiger partial charge < -0.3 is 14.0 Å². The summed E-state index contributed by atoms with van der Waals surface area (Å²) in [7, 11) is 0.917. The van der Waals surface area contributed by atoms with Gasteiger partial charge in [-0.2, -0.15) is 0 Å². The van der Waals surface area contributed by atoms with Crippen molar-refractivity contribution in [2.45, 2.75) is 13.8 Å². The molecule has 2 heterocycles. The van der Waals surface area contributed by atoms with Gasteiger partial charge >= 0.3 is 13.1 Å². The van der Waals surface area contributed by atoms with Crippen molar-refractivity contribution in [2.75, 3.05) is 20.3 Å². The average molecular weight is 254 g/mol. The summed E-state index contributed by atoms with van der Waals surface area (Å²) >= 11 is 1.34. The van der Waals surface area contributed by atoms with E-state index in [4.69, 9.17) is 14.0 Å². The minimum atomic E-state index is -0.455. The molecule has 1 aromatic rings. The third-order valence-electron chi connectivity index (χ3n) is 2.57. The van der Waals surface area contributed by atoms with E-state index in [1.807, 2.05) is 11.4 Å². The Balaban J connectivity index is 2.14. The molecule has 0 saturated carbocycles. The molecule has 1 aliphatic rings. The van der Waals surface area contributed by atoms with Gasteiger partial charge in [0, 0.05) is 24.1 Å². The molecule has 4 nitrogen and oxygen atoms in total. The van der Waals surface area contributed by atoms with Crippen LogP contribution in [0.5, 0.6) is 0 Å². The molecular formula is C11H15BO4S. The van der Waals surface area contributed by atoms with Gasteiger partial charge in [-0.25, -0.2) is 4.79 Å². The number of hydrogen-bond donors (Lipinski definition) is 0. The highest BCUT2D eigenvalue weighted by atomic mass is 32.1.